The van der Waals surface area contributed by atoms with Gasteiger partial charge in [-0.05, 0) is 23.1 Å². The lowest BCUT2D eigenvalue weighted by Crippen LogP contribution is -2.34. The van der Waals surface area contributed by atoms with Gasteiger partial charge in [0, 0.05) is 45.4 Å². The molecule has 1 aliphatic heterocycles. The van der Waals surface area contributed by atoms with Crippen LogP contribution in [0.1, 0.15) is 36.0 Å². The number of nitrogens with zero attached hydrogens (tertiary/aromatic N) is 2. The molecule has 2 heterocycles. The van der Waals surface area contributed by atoms with Crippen LogP contribution >= 0.6 is 0 Å². The third-order valence-electron chi connectivity index (χ3n) is 4.88. The molecule has 1 amide bonds. The highest BCUT2D eigenvalue weighted by Crippen LogP contribution is 2.28. The standard InChI is InChI=1S/C20H28N4O2/c1-3-8-26-14-16-7-5-4-6-15(16)9-22-20(25)19-12-21-11-18(19)17-10-23-24(2)13-17/h4-7,10,13,18-19,21H,3,8-9,11-12,14H2,1-2H3,(H,22,25)/t18-,19+/m1/s1. The van der Waals surface area contributed by atoms with Gasteiger partial charge in [-0.2, -0.15) is 5.10 Å². The van der Waals surface area contributed by atoms with Crippen LogP contribution in [-0.2, 0) is 29.7 Å². The van der Waals surface area contributed by atoms with Crippen molar-refractivity contribution in [1.29, 1.82) is 0 Å². The van der Waals surface area contributed by atoms with Crippen LogP contribution in [0.4, 0.5) is 0 Å². The second kappa shape index (κ2) is 8.96. The summed E-state index contributed by atoms with van der Waals surface area (Å²) in [6.07, 6.45) is 4.86. The topological polar surface area (TPSA) is 68.2 Å². The molecule has 140 valence electrons. The normalized spacial score (nSPS) is 19.6. The molecule has 6 heteroatoms. The van der Waals surface area contributed by atoms with Crippen molar-refractivity contribution in [2.24, 2.45) is 13.0 Å². The maximum atomic E-state index is 12.8. The first-order chi connectivity index (χ1) is 12.7. The Morgan fingerprint density at radius 2 is 2.15 bits per heavy atom. The van der Waals surface area contributed by atoms with Crippen molar-refractivity contribution in [3.8, 4) is 0 Å². The summed E-state index contributed by atoms with van der Waals surface area (Å²) in [6.45, 7) is 5.48. The molecule has 0 unspecified atom stereocenters. The predicted molar refractivity (Wildman–Crippen MR) is 101 cm³/mol. The molecule has 2 atom stereocenters. The van der Waals surface area contributed by atoms with Crippen LogP contribution in [0.3, 0.4) is 0 Å². The number of hydrogen-bond donors (Lipinski definition) is 2. The molecule has 0 spiro atoms. The Labute approximate surface area is 154 Å². The van der Waals surface area contributed by atoms with Crippen LogP contribution in [0.5, 0.6) is 0 Å². The predicted octanol–water partition coefficient (Wildman–Crippen LogP) is 1.97. The van der Waals surface area contributed by atoms with E-state index in [4.69, 9.17) is 4.74 Å². The monoisotopic (exact) mass is 356 g/mol. The van der Waals surface area contributed by atoms with Crippen LogP contribution in [-0.4, -0.2) is 35.4 Å². The van der Waals surface area contributed by atoms with Gasteiger partial charge in [0.25, 0.3) is 0 Å². The number of benzene rings is 1. The van der Waals surface area contributed by atoms with Crippen molar-refractivity contribution in [3.05, 3.63) is 53.3 Å². The number of aromatic nitrogens is 2. The summed E-state index contributed by atoms with van der Waals surface area (Å²) in [7, 11) is 1.90. The van der Waals surface area contributed by atoms with Gasteiger partial charge in [-0.15, -0.1) is 0 Å². The maximum absolute atomic E-state index is 12.8. The lowest BCUT2D eigenvalue weighted by Gasteiger charge is -2.18. The Bertz CT molecular complexity index is 728. The van der Waals surface area contributed by atoms with Crippen molar-refractivity contribution in [3.63, 3.8) is 0 Å². The summed E-state index contributed by atoms with van der Waals surface area (Å²) >= 11 is 0. The smallest absolute Gasteiger partial charge is 0.225 e. The lowest BCUT2D eigenvalue weighted by atomic mass is 9.90. The zero-order valence-electron chi connectivity index (χ0n) is 15.6. The van der Waals surface area contributed by atoms with Crippen LogP contribution in [0, 0.1) is 5.92 Å². The van der Waals surface area contributed by atoms with E-state index in [1.54, 1.807) is 4.68 Å². The van der Waals surface area contributed by atoms with E-state index in [1.807, 2.05) is 31.6 Å². The van der Waals surface area contributed by atoms with E-state index >= 15 is 0 Å². The van der Waals surface area contributed by atoms with Crippen LogP contribution < -0.4 is 10.6 Å². The highest BCUT2D eigenvalue weighted by atomic mass is 16.5. The van der Waals surface area contributed by atoms with E-state index in [0.29, 0.717) is 19.7 Å². The summed E-state index contributed by atoms with van der Waals surface area (Å²) in [5.74, 6) is 0.197. The first-order valence-electron chi connectivity index (χ1n) is 9.30. The highest BCUT2D eigenvalue weighted by Gasteiger charge is 2.34. The summed E-state index contributed by atoms with van der Waals surface area (Å²) in [5.41, 5.74) is 3.36. The van der Waals surface area contributed by atoms with Gasteiger partial charge in [0.15, 0.2) is 0 Å². The largest absolute Gasteiger partial charge is 0.377 e. The minimum absolute atomic E-state index is 0.0669. The SMILES string of the molecule is CCCOCc1ccccc1CNC(=O)[C@H]1CNC[C@@H]1c1cnn(C)c1. The van der Waals surface area contributed by atoms with Gasteiger partial charge in [0.2, 0.25) is 5.91 Å². The molecule has 0 aliphatic carbocycles. The van der Waals surface area contributed by atoms with Crippen LogP contribution in [0.2, 0.25) is 0 Å². The number of carbonyl (C=O) groups is 1. The van der Waals surface area contributed by atoms with Gasteiger partial charge in [-0.1, -0.05) is 31.2 Å². The quantitative estimate of drug-likeness (QED) is 0.710. The van der Waals surface area contributed by atoms with E-state index in [-0.39, 0.29) is 17.7 Å². The van der Waals surface area contributed by atoms with E-state index < -0.39 is 0 Å². The second-order valence-electron chi connectivity index (χ2n) is 6.86. The molecular formula is C20H28N4O2. The van der Waals surface area contributed by atoms with Crippen molar-refractivity contribution < 1.29 is 9.53 Å². The molecule has 1 fully saturated rings. The first kappa shape index (κ1) is 18.6. The maximum Gasteiger partial charge on any atom is 0.225 e. The molecule has 0 bridgehead atoms. The van der Waals surface area contributed by atoms with E-state index in [0.717, 1.165) is 36.3 Å². The van der Waals surface area contributed by atoms with Crippen LogP contribution in [0.25, 0.3) is 0 Å². The second-order valence-corrected chi connectivity index (χ2v) is 6.86. The number of amides is 1. The molecule has 26 heavy (non-hydrogen) atoms. The number of nitrogens with one attached hydrogen (secondary N) is 2. The number of rotatable bonds is 8. The fourth-order valence-corrected chi connectivity index (χ4v) is 3.45. The fraction of sp³-hybridized carbons (Fsp3) is 0.500. The lowest BCUT2D eigenvalue weighted by molar-refractivity contribution is -0.125. The zero-order valence-corrected chi connectivity index (χ0v) is 15.6. The molecule has 1 saturated heterocycles. The Morgan fingerprint density at radius 1 is 1.35 bits per heavy atom. The summed E-state index contributed by atoms with van der Waals surface area (Å²) < 4.78 is 7.45. The fourth-order valence-electron chi connectivity index (χ4n) is 3.45. The highest BCUT2D eigenvalue weighted by molar-refractivity contribution is 5.80. The third kappa shape index (κ3) is 4.51. The van der Waals surface area contributed by atoms with Gasteiger partial charge in [-0.25, -0.2) is 0 Å². The summed E-state index contributed by atoms with van der Waals surface area (Å²) in [5, 5.41) is 10.7. The van der Waals surface area contributed by atoms with E-state index in [2.05, 4.69) is 34.8 Å². The van der Waals surface area contributed by atoms with Gasteiger partial charge in [-0.3, -0.25) is 9.48 Å². The van der Waals surface area contributed by atoms with Gasteiger partial charge >= 0.3 is 0 Å². The number of hydrogen-bond acceptors (Lipinski definition) is 4. The number of carbonyl (C=O) groups excluding carboxylic acids is 1. The molecule has 0 radical (unpaired) electrons. The molecule has 1 aromatic heterocycles. The molecule has 2 aromatic rings. The Kier molecular flexibility index (Phi) is 6.41. The summed E-state index contributed by atoms with van der Waals surface area (Å²) in [4.78, 5) is 12.8. The Morgan fingerprint density at radius 3 is 2.88 bits per heavy atom. The van der Waals surface area contributed by atoms with Crippen molar-refractivity contribution >= 4 is 5.91 Å². The number of aryl methyl sites for hydroxylation is 1. The third-order valence-corrected chi connectivity index (χ3v) is 4.88. The summed E-state index contributed by atoms with van der Waals surface area (Å²) in [6, 6.07) is 8.12. The molecule has 3 rings (SSSR count). The van der Waals surface area contributed by atoms with Crippen molar-refractivity contribution in [2.75, 3.05) is 19.7 Å². The molecular weight excluding hydrogens is 328 g/mol. The minimum atomic E-state index is -0.0669. The Hall–Kier alpha value is -2.18. The van der Waals surface area contributed by atoms with E-state index in [1.165, 1.54) is 0 Å². The molecule has 6 nitrogen and oxygen atoms in total. The van der Waals surface area contributed by atoms with Gasteiger partial charge in [0.05, 0.1) is 18.7 Å². The van der Waals surface area contributed by atoms with E-state index in [9.17, 15) is 4.79 Å². The average molecular weight is 356 g/mol. The van der Waals surface area contributed by atoms with Crippen LogP contribution in [0.15, 0.2) is 36.7 Å². The average Bonchev–Trinajstić information content (AvgIpc) is 3.29. The zero-order chi connectivity index (χ0) is 18.4. The molecule has 0 saturated carbocycles. The molecule has 1 aliphatic rings. The van der Waals surface area contributed by atoms with Gasteiger partial charge < -0.3 is 15.4 Å². The Balaban J connectivity index is 1.60. The first-order valence-corrected chi connectivity index (χ1v) is 9.30. The molecule has 1 aromatic carbocycles. The van der Waals surface area contributed by atoms with Crippen molar-refractivity contribution in [1.82, 2.24) is 20.4 Å². The number of ether oxygens (including phenoxy) is 1. The minimum Gasteiger partial charge on any atom is -0.377 e. The van der Waals surface area contributed by atoms with Gasteiger partial charge in [0.1, 0.15) is 0 Å². The van der Waals surface area contributed by atoms with Crippen molar-refractivity contribution in [2.45, 2.75) is 32.4 Å². The molecule has 2 N–H and O–H groups in total.